The molecular weight excluding hydrogens is 312 g/mol. The normalized spacial score (nSPS) is 29.3. The summed E-state index contributed by atoms with van der Waals surface area (Å²) in [7, 11) is 0. The summed E-state index contributed by atoms with van der Waals surface area (Å²) in [6.45, 7) is 0.971. The molecule has 0 saturated carbocycles. The Morgan fingerprint density at radius 1 is 1.08 bits per heavy atom. The van der Waals surface area contributed by atoms with E-state index in [0.717, 1.165) is 43.4 Å². The highest BCUT2D eigenvalue weighted by molar-refractivity contribution is 5.49. The summed E-state index contributed by atoms with van der Waals surface area (Å²) < 4.78 is 1.76. The molecule has 1 N–H and O–H groups in total. The van der Waals surface area contributed by atoms with Crippen molar-refractivity contribution in [1.29, 1.82) is 0 Å². The van der Waals surface area contributed by atoms with Gasteiger partial charge in [-0.25, -0.2) is 9.50 Å². The van der Waals surface area contributed by atoms with Crippen LogP contribution in [0.1, 0.15) is 36.8 Å². The predicted octanol–water partition coefficient (Wildman–Crippen LogP) is 2.74. The molecule has 128 valence electrons. The third-order valence-corrected chi connectivity index (χ3v) is 5.91. The number of hydrogen-bond acceptors (Lipinski definition) is 4. The first-order valence-corrected chi connectivity index (χ1v) is 9.04. The van der Waals surface area contributed by atoms with Crippen LogP contribution in [0.5, 0.6) is 0 Å². The second-order valence-electron chi connectivity index (χ2n) is 7.43. The fourth-order valence-electron chi connectivity index (χ4n) is 4.74. The largest absolute Gasteiger partial charge is 0.385 e. The van der Waals surface area contributed by atoms with Crippen molar-refractivity contribution in [2.45, 2.75) is 49.9 Å². The summed E-state index contributed by atoms with van der Waals surface area (Å²) >= 11 is 0. The van der Waals surface area contributed by atoms with Gasteiger partial charge in [0.15, 0.2) is 5.65 Å². The second kappa shape index (κ2) is 5.64. The predicted molar refractivity (Wildman–Crippen MR) is 94.9 cm³/mol. The first-order chi connectivity index (χ1) is 12.2. The molecule has 5 rings (SSSR count). The maximum Gasteiger partial charge on any atom is 0.160 e. The minimum Gasteiger partial charge on any atom is -0.385 e. The van der Waals surface area contributed by atoms with Crippen LogP contribution in [0.25, 0.3) is 5.65 Å². The third kappa shape index (κ3) is 2.46. The van der Waals surface area contributed by atoms with Gasteiger partial charge in [-0.3, -0.25) is 4.90 Å². The Bertz CT molecular complexity index is 877. The zero-order valence-corrected chi connectivity index (χ0v) is 14.1. The van der Waals surface area contributed by atoms with Crippen LogP contribution in [0.15, 0.2) is 55.0 Å². The molecule has 2 saturated heterocycles. The molecule has 2 bridgehead atoms. The van der Waals surface area contributed by atoms with Gasteiger partial charge in [-0.2, -0.15) is 5.10 Å². The third-order valence-electron chi connectivity index (χ3n) is 5.91. The highest BCUT2D eigenvalue weighted by Gasteiger charge is 2.49. The van der Waals surface area contributed by atoms with Crippen LogP contribution in [0.3, 0.4) is 0 Å². The van der Waals surface area contributed by atoms with Crippen molar-refractivity contribution in [1.82, 2.24) is 19.5 Å². The number of benzene rings is 1. The number of fused-ring (bicyclic) bond motifs is 3. The minimum atomic E-state index is -0.824. The number of hydrogen-bond donors (Lipinski definition) is 1. The lowest BCUT2D eigenvalue weighted by Gasteiger charge is -2.43. The van der Waals surface area contributed by atoms with E-state index in [1.54, 1.807) is 16.9 Å². The maximum absolute atomic E-state index is 11.5. The molecule has 5 nitrogen and oxygen atoms in total. The molecule has 1 aromatic carbocycles. The van der Waals surface area contributed by atoms with Crippen LogP contribution in [0.2, 0.25) is 0 Å². The Morgan fingerprint density at radius 2 is 1.84 bits per heavy atom. The zero-order valence-electron chi connectivity index (χ0n) is 14.1. The molecule has 2 aliphatic rings. The van der Waals surface area contributed by atoms with E-state index in [4.69, 9.17) is 0 Å². The van der Waals surface area contributed by atoms with E-state index >= 15 is 0 Å². The van der Waals surface area contributed by atoms with E-state index in [2.05, 4.69) is 45.3 Å². The van der Waals surface area contributed by atoms with Crippen LogP contribution < -0.4 is 0 Å². The Morgan fingerprint density at radius 3 is 2.60 bits per heavy atom. The van der Waals surface area contributed by atoms with Gasteiger partial charge >= 0.3 is 0 Å². The molecule has 0 spiro atoms. The van der Waals surface area contributed by atoms with Gasteiger partial charge in [0.25, 0.3) is 0 Å². The van der Waals surface area contributed by atoms with E-state index in [1.165, 1.54) is 5.56 Å². The Hall–Kier alpha value is -2.24. The van der Waals surface area contributed by atoms with E-state index in [9.17, 15) is 5.11 Å². The summed E-state index contributed by atoms with van der Waals surface area (Å²) in [4.78, 5) is 7.03. The van der Waals surface area contributed by atoms with Crippen LogP contribution in [0.4, 0.5) is 0 Å². The molecule has 2 atom stereocenters. The molecular formula is C20H22N4O. The molecule has 0 aliphatic carbocycles. The van der Waals surface area contributed by atoms with Crippen molar-refractivity contribution in [3.05, 3.63) is 66.1 Å². The van der Waals surface area contributed by atoms with Crippen molar-refractivity contribution in [2.75, 3.05) is 0 Å². The van der Waals surface area contributed by atoms with Crippen LogP contribution >= 0.6 is 0 Å². The Balaban J connectivity index is 1.44. The molecule has 2 aromatic heterocycles. The number of aliphatic hydroxyl groups is 1. The topological polar surface area (TPSA) is 53.7 Å². The monoisotopic (exact) mass is 334 g/mol. The summed E-state index contributed by atoms with van der Waals surface area (Å²) in [6.07, 6.45) is 9.29. The summed E-state index contributed by atoms with van der Waals surface area (Å²) in [5, 5.41) is 15.9. The highest BCUT2D eigenvalue weighted by atomic mass is 16.3. The van der Waals surface area contributed by atoms with Gasteiger partial charge in [0.05, 0.1) is 11.8 Å². The number of piperidine rings is 1. The average molecular weight is 334 g/mol. The molecule has 3 aromatic rings. The summed E-state index contributed by atoms with van der Waals surface area (Å²) in [6, 6.07) is 13.3. The SMILES string of the molecule is OC1(c2cnn3cccnc23)CC2CCC(C1)N2Cc1ccccc1. The van der Waals surface area contributed by atoms with Crippen LogP contribution in [-0.4, -0.2) is 36.7 Å². The first kappa shape index (κ1) is 15.0. The van der Waals surface area contributed by atoms with Crippen molar-refractivity contribution in [3.63, 3.8) is 0 Å². The number of rotatable bonds is 3. The highest BCUT2D eigenvalue weighted by Crippen LogP contribution is 2.46. The molecule has 5 heteroatoms. The quantitative estimate of drug-likeness (QED) is 0.800. The van der Waals surface area contributed by atoms with Gasteiger partial charge in [0.1, 0.15) is 0 Å². The maximum atomic E-state index is 11.5. The van der Waals surface area contributed by atoms with Crippen molar-refractivity contribution in [2.24, 2.45) is 0 Å². The summed E-state index contributed by atoms with van der Waals surface area (Å²) in [5.41, 5.74) is 2.18. The minimum absolute atomic E-state index is 0.419. The van der Waals surface area contributed by atoms with Gasteiger partial charge in [-0.1, -0.05) is 30.3 Å². The molecule has 2 unspecified atom stereocenters. The first-order valence-electron chi connectivity index (χ1n) is 9.04. The molecule has 25 heavy (non-hydrogen) atoms. The van der Waals surface area contributed by atoms with E-state index < -0.39 is 5.60 Å². The zero-order chi connectivity index (χ0) is 16.9. The van der Waals surface area contributed by atoms with Gasteiger partial charge in [0.2, 0.25) is 0 Å². The standard InChI is InChI=1S/C20H22N4O/c25-20(18-13-22-24-10-4-9-21-19(18)24)11-16-7-8-17(12-20)23(16)14-15-5-2-1-3-6-15/h1-6,9-10,13,16-17,25H,7-8,11-12,14H2. The summed E-state index contributed by atoms with van der Waals surface area (Å²) in [5.74, 6) is 0. The van der Waals surface area contributed by atoms with Gasteiger partial charge in [0, 0.05) is 36.6 Å². The van der Waals surface area contributed by atoms with Gasteiger partial charge < -0.3 is 5.11 Å². The lowest BCUT2D eigenvalue weighted by molar-refractivity contribution is -0.0586. The fraction of sp³-hybridized carbons (Fsp3) is 0.400. The van der Waals surface area contributed by atoms with E-state index in [1.807, 2.05) is 12.3 Å². The van der Waals surface area contributed by atoms with E-state index in [-0.39, 0.29) is 0 Å². The van der Waals surface area contributed by atoms with Gasteiger partial charge in [-0.05, 0) is 37.3 Å². The Labute approximate surface area is 146 Å². The molecule has 0 amide bonds. The molecule has 2 fully saturated rings. The van der Waals surface area contributed by atoms with Gasteiger partial charge in [-0.15, -0.1) is 0 Å². The smallest absolute Gasteiger partial charge is 0.160 e. The fourth-order valence-corrected chi connectivity index (χ4v) is 4.74. The molecule has 4 heterocycles. The van der Waals surface area contributed by atoms with Crippen LogP contribution in [-0.2, 0) is 12.1 Å². The lowest BCUT2D eigenvalue weighted by Crippen LogP contribution is -2.49. The number of aromatic nitrogens is 3. The van der Waals surface area contributed by atoms with Crippen molar-refractivity contribution < 1.29 is 5.11 Å². The molecule has 2 aliphatic heterocycles. The number of nitrogens with zero attached hydrogens (tertiary/aromatic N) is 4. The van der Waals surface area contributed by atoms with E-state index in [0.29, 0.717) is 12.1 Å². The van der Waals surface area contributed by atoms with Crippen LogP contribution in [0, 0.1) is 0 Å². The Kier molecular flexibility index (Phi) is 3.40. The van der Waals surface area contributed by atoms with Crippen molar-refractivity contribution in [3.8, 4) is 0 Å². The lowest BCUT2D eigenvalue weighted by atomic mass is 9.81. The average Bonchev–Trinajstić information content (AvgIpc) is 3.17. The second-order valence-corrected chi connectivity index (χ2v) is 7.43. The molecule has 0 radical (unpaired) electrons. The van der Waals surface area contributed by atoms with Crippen molar-refractivity contribution >= 4 is 5.65 Å².